The van der Waals surface area contributed by atoms with Crippen LogP contribution in [0.1, 0.15) is 6.23 Å². The van der Waals surface area contributed by atoms with E-state index >= 15 is 0 Å². The van der Waals surface area contributed by atoms with Gasteiger partial charge >= 0.3 is 0 Å². The number of nitrogens with zero attached hydrogens (tertiary/aromatic N) is 5. The van der Waals surface area contributed by atoms with Crippen LogP contribution in [0.2, 0.25) is 0 Å². The molecule has 5 N–H and O–H groups in total. The molecule has 5 atom stereocenters. The summed E-state index contributed by atoms with van der Waals surface area (Å²) in [5, 5.41) is 30.5. The van der Waals surface area contributed by atoms with Crippen LogP contribution in [0, 0.1) is 0 Å². The summed E-state index contributed by atoms with van der Waals surface area (Å²) in [5.41, 5.74) is 6.51. The van der Waals surface area contributed by atoms with E-state index in [0.717, 1.165) is 13.1 Å². The van der Waals surface area contributed by atoms with Crippen molar-refractivity contribution in [3.63, 3.8) is 0 Å². The number of hydrogen-bond acceptors (Lipinski definition) is 9. The second-order valence-electron chi connectivity index (χ2n) is 5.50. The van der Waals surface area contributed by atoms with Gasteiger partial charge in [-0.1, -0.05) is 0 Å². The Balaban J connectivity index is 1.68. The molecule has 2 aromatic rings. The molecule has 0 saturated carbocycles. The predicted octanol–water partition coefficient (Wildman–Crippen LogP) is -2.34. The molecule has 118 valence electrons. The first-order valence-electron chi connectivity index (χ1n) is 6.94. The van der Waals surface area contributed by atoms with Crippen molar-refractivity contribution in [1.29, 1.82) is 0 Å². The van der Waals surface area contributed by atoms with E-state index in [9.17, 15) is 15.3 Å². The van der Waals surface area contributed by atoms with Crippen molar-refractivity contribution in [3.8, 4) is 0 Å². The Morgan fingerprint density at radius 3 is 2.73 bits per heavy atom. The van der Waals surface area contributed by atoms with Gasteiger partial charge in [0.1, 0.15) is 36.4 Å². The Morgan fingerprint density at radius 2 is 2.00 bits per heavy atom. The number of ether oxygens (including phenoxy) is 1. The molecule has 0 aliphatic carbocycles. The van der Waals surface area contributed by atoms with Crippen LogP contribution in [0.5, 0.6) is 0 Å². The van der Waals surface area contributed by atoms with Gasteiger partial charge in [0.25, 0.3) is 0 Å². The quantitative estimate of drug-likeness (QED) is 0.459. The Morgan fingerprint density at radius 1 is 1.23 bits per heavy atom. The van der Waals surface area contributed by atoms with Crippen LogP contribution in [0.25, 0.3) is 11.2 Å². The van der Waals surface area contributed by atoms with Crippen molar-refractivity contribution in [2.75, 3.05) is 18.8 Å². The number of imidazole rings is 1. The second-order valence-corrected chi connectivity index (χ2v) is 5.50. The predicted molar refractivity (Wildman–Crippen MR) is 73.2 cm³/mol. The summed E-state index contributed by atoms with van der Waals surface area (Å²) in [5.74, 6) is 0.220. The van der Waals surface area contributed by atoms with Crippen LogP contribution in [0.4, 0.5) is 5.82 Å². The monoisotopic (exact) mass is 308 g/mol. The highest BCUT2D eigenvalue weighted by Gasteiger charge is 2.50. The van der Waals surface area contributed by atoms with Crippen LogP contribution in [0.3, 0.4) is 0 Å². The molecule has 2 fully saturated rings. The highest BCUT2D eigenvalue weighted by Crippen LogP contribution is 2.34. The van der Waals surface area contributed by atoms with Crippen molar-refractivity contribution in [2.45, 2.75) is 30.8 Å². The number of nitrogen functional groups attached to an aromatic ring is 1. The minimum Gasteiger partial charge on any atom is -0.387 e. The molecular weight excluding hydrogens is 292 g/mol. The van der Waals surface area contributed by atoms with Gasteiger partial charge in [-0.2, -0.15) is 0 Å². The minimum absolute atomic E-state index is 0.220. The highest BCUT2D eigenvalue weighted by atomic mass is 16.6. The van der Waals surface area contributed by atoms with Gasteiger partial charge in [-0.15, -0.1) is 0 Å². The third-order valence-corrected chi connectivity index (χ3v) is 4.09. The maximum Gasteiger partial charge on any atom is 0.167 e. The largest absolute Gasteiger partial charge is 0.387 e. The zero-order valence-corrected chi connectivity index (χ0v) is 11.5. The van der Waals surface area contributed by atoms with E-state index < -0.39 is 30.8 Å². The average Bonchev–Trinajstić information content (AvgIpc) is 3.21. The fraction of sp³-hybridized carbons (Fsp3) is 0.583. The SMILES string of the molecule is Nc1ncnc2c1ncn2[C@@H]1O[C@H](C(O)N2CC2)[C@@H](O)[C@H]1O. The van der Waals surface area contributed by atoms with E-state index in [1.54, 1.807) is 4.90 Å². The third-order valence-electron chi connectivity index (χ3n) is 4.09. The molecule has 2 aromatic heterocycles. The maximum absolute atomic E-state index is 10.3. The van der Waals surface area contributed by atoms with E-state index in [4.69, 9.17) is 10.5 Å². The van der Waals surface area contributed by atoms with Crippen LogP contribution >= 0.6 is 0 Å². The summed E-state index contributed by atoms with van der Waals surface area (Å²) >= 11 is 0. The van der Waals surface area contributed by atoms with Crippen molar-refractivity contribution in [2.24, 2.45) is 0 Å². The molecule has 0 aromatic carbocycles. The number of aliphatic hydroxyl groups excluding tert-OH is 3. The highest BCUT2D eigenvalue weighted by molar-refractivity contribution is 5.81. The minimum atomic E-state index is -1.21. The van der Waals surface area contributed by atoms with E-state index in [-0.39, 0.29) is 5.82 Å². The first-order chi connectivity index (χ1) is 10.6. The first kappa shape index (κ1) is 13.8. The molecule has 2 aliphatic rings. The molecule has 0 spiro atoms. The smallest absolute Gasteiger partial charge is 0.167 e. The molecule has 0 amide bonds. The Bertz CT molecular complexity index is 704. The van der Waals surface area contributed by atoms with Gasteiger partial charge in [-0.3, -0.25) is 9.47 Å². The lowest BCUT2D eigenvalue weighted by Crippen LogP contribution is -2.42. The molecule has 0 bridgehead atoms. The molecule has 10 nitrogen and oxygen atoms in total. The number of anilines is 1. The summed E-state index contributed by atoms with van der Waals surface area (Å²) < 4.78 is 7.15. The molecule has 22 heavy (non-hydrogen) atoms. The number of aromatic nitrogens is 4. The summed E-state index contributed by atoms with van der Waals surface area (Å²) in [6, 6.07) is 0. The van der Waals surface area contributed by atoms with Crippen molar-refractivity contribution < 1.29 is 20.1 Å². The summed E-state index contributed by atoms with van der Waals surface area (Å²) in [4.78, 5) is 13.8. The molecule has 4 rings (SSSR count). The normalized spacial score (nSPS) is 33.4. The standard InChI is InChI=1S/C12H16N6O4/c13-9-5-10(15-3-14-9)18(4-16-5)12-7(20)6(19)8(22-12)11(21)17-1-2-17/h3-4,6-8,11-12,19-21H,1-2H2,(H2,13,14,15)/t6-,7+,8-,11?,12+/m0/s1. The van der Waals surface area contributed by atoms with Gasteiger partial charge in [0, 0.05) is 13.1 Å². The molecule has 2 saturated heterocycles. The van der Waals surface area contributed by atoms with E-state index in [2.05, 4.69) is 15.0 Å². The topological polar surface area (TPSA) is 143 Å². The van der Waals surface area contributed by atoms with Crippen LogP contribution in [0.15, 0.2) is 12.7 Å². The van der Waals surface area contributed by atoms with Gasteiger partial charge < -0.3 is 25.8 Å². The fourth-order valence-corrected chi connectivity index (χ4v) is 2.75. The van der Waals surface area contributed by atoms with Crippen LogP contribution < -0.4 is 5.73 Å². The number of hydrogen-bond donors (Lipinski definition) is 4. The first-order valence-corrected chi connectivity index (χ1v) is 6.94. The number of fused-ring (bicyclic) bond motifs is 1. The Kier molecular flexibility index (Phi) is 3.03. The second kappa shape index (κ2) is 4.83. The zero-order chi connectivity index (χ0) is 15.4. The van der Waals surface area contributed by atoms with Crippen molar-refractivity contribution in [1.82, 2.24) is 24.4 Å². The van der Waals surface area contributed by atoms with Crippen LogP contribution in [-0.4, -0.2) is 77.4 Å². The fourth-order valence-electron chi connectivity index (χ4n) is 2.75. The van der Waals surface area contributed by atoms with Gasteiger partial charge in [-0.05, 0) is 0 Å². The lowest BCUT2D eigenvalue weighted by molar-refractivity contribution is -0.113. The summed E-state index contributed by atoms with van der Waals surface area (Å²) in [6.45, 7) is 1.48. The molecule has 0 radical (unpaired) electrons. The zero-order valence-electron chi connectivity index (χ0n) is 11.5. The van der Waals surface area contributed by atoms with Crippen molar-refractivity contribution >= 4 is 17.0 Å². The van der Waals surface area contributed by atoms with E-state index in [1.165, 1.54) is 17.2 Å². The van der Waals surface area contributed by atoms with E-state index in [0.29, 0.717) is 11.2 Å². The molecule has 10 heteroatoms. The van der Waals surface area contributed by atoms with E-state index in [1.807, 2.05) is 0 Å². The van der Waals surface area contributed by atoms with Gasteiger partial charge in [-0.25, -0.2) is 15.0 Å². The van der Waals surface area contributed by atoms with Crippen LogP contribution in [-0.2, 0) is 4.74 Å². The molecular formula is C12H16N6O4. The lowest BCUT2D eigenvalue weighted by atomic mass is 10.1. The molecule has 4 heterocycles. The number of rotatable bonds is 3. The van der Waals surface area contributed by atoms with Gasteiger partial charge in [0.15, 0.2) is 17.7 Å². The average molecular weight is 308 g/mol. The number of nitrogens with two attached hydrogens (primary N) is 1. The summed E-state index contributed by atoms with van der Waals surface area (Å²) in [7, 11) is 0. The molecule has 2 aliphatic heterocycles. The van der Waals surface area contributed by atoms with Gasteiger partial charge in [0.2, 0.25) is 0 Å². The maximum atomic E-state index is 10.3. The van der Waals surface area contributed by atoms with Gasteiger partial charge in [0.05, 0.1) is 6.33 Å². The Labute approximate surface area is 124 Å². The summed E-state index contributed by atoms with van der Waals surface area (Å²) in [6.07, 6.45) is -2.49. The van der Waals surface area contributed by atoms with Crippen molar-refractivity contribution in [3.05, 3.63) is 12.7 Å². The molecule has 1 unspecified atom stereocenters. The Hall–Kier alpha value is -1.85. The lowest BCUT2D eigenvalue weighted by Gasteiger charge is -2.21. The third kappa shape index (κ3) is 1.96. The number of aliphatic hydroxyl groups is 3.